The lowest BCUT2D eigenvalue weighted by Gasteiger charge is -2.27. The van der Waals surface area contributed by atoms with E-state index < -0.39 is 17.8 Å². The number of aromatic amines is 1. The van der Waals surface area contributed by atoms with Crippen molar-refractivity contribution in [3.8, 4) is 5.75 Å². The van der Waals surface area contributed by atoms with E-state index in [9.17, 15) is 18.0 Å². The molecule has 0 bridgehead atoms. The Morgan fingerprint density at radius 1 is 1.26 bits per heavy atom. The van der Waals surface area contributed by atoms with Crippen LogP contribution < -0.4 is 10.5 Å². The Labute approximate surface area is 179 Å². The molecule has 7 nitrogen and oxygen atoms in total. The van der Waals surface area contributed by atoms with Crippen molar-refractivity contribution in [3.63, 3.8) is 0 Å². The number of carbonyl (C=O) groups excluding carboxylic acids is 1. The summed E-state index contributed by atoms with van der Waals surface area (Å²) in [5.41, 5.74) is 5.77. The minimum Gasteiger partial charge on any atom is -0.494 e. The van der Waals surface area contributed by atoms with Gasteiger partial charge in [0.2, 0.25) is 0 Å². The summed E-state index contributed by atoms with van der Waals surface area (Å²) in [5.74, 6) is -0.0991. The number of likely N-dealkylation sites (tertiary alicyclic amines) is 1. The van der Waals surface area contributed by atoms with Crippen molar-refractivity contribution in [2.75, 3.05) is 39.0 Å². The molecule has 1 aromatic carbocycles. The molecule has 3 rings (SSSR count). The Morgan fingerprint density at radius 2 is 1.97 bits per heavy atom. The van der Waals surface area contributed by atoms with Crippen molar-refractivity contribution in [2.45, 2.75) is 38.4 Å². The number of nitrogen functional groups attached to an aromatic ring is 1. The number of ether oxygens (including phenoxy) is 1. The molecular weight excluding hydrogens is 411 g/mol. The van der Waals surface area contributed by atoms with Crippen molar-refractivity contribution < 1.29 is 22.7 Å². The van der Waals surface area contributed by atoms with Crippen LogP contribution in [0, 0.1) is 0 Å². The maximum Gasteiger partial charge on any atom is 0.435 e. The lowest BCUT2D eigenvalue weighted by atomic mass is 10.1. The Balaban J connectivity index is 1.82. The summed E-state index contributed by atoms with van der Waals surface area (Å²) in [7, 11) is 1.49. The summed E-state index contributed by atoms with van der Waals surface area (Å²) >= 11 is 0. The molecule has 0 unspecified atom stereocenters. The largest absolute Gasteiger partial charge is 0.494 e. The summed E-state index contributed by atoms with van der Waals surface area (Å²) in [6.07, 6.45) is -0.0377. The van der Waals surface area contributed by atoms with Crippen LogP contribution in [0.15, 0.2) is 24.3 Å². The van der Waals surface area contributed by atoms with Crippen LogP contribution in [0.5, 0.6) is 5.75 Å². The van der Waals surface area contributed by atoms with Gasteiger partial charge in [-0.25, -0.2) is 0 Å². The Kier molecular flexibility index (Phi) is 7.42. The average molecular weight is 439 g/mol. The van der Waals surface area contributed by atoms with E-state index in [2.05, 4.69) is 15.1 Å². The van der Waals surface area contributed by atoms with E-state index in [0.29, 0.717) is 30.1 Å². The summed E-state index contributed by atoms with van der Waals surface area (Å²) in [6.45, 7) is 3.05. The van der Waals surface area contributed by atoms with E-state index in [0.717, 1.165) is 32.0 Å². The minimum absolute atomic E-state index is 0.154. The molecule has 1 aliphatic rings. The van der Waals surface area contributed by atoms with Crippen molar-refractivity contribution in [3.05, 3.63) is 41.2 Å². The number of alkyl halides is 3. The number of para-hydroxylation sites is 1. The van der Waals surface area contributed by atoms with Gasteiger partial charge in [0.25, 0.3) is 5.91 Å². The number of methoxy groups -OCH3 is 1. The van der Waals surface area contributed by atoms with Crippen molar-refractivity contribution >= 4 is 11.6 Å². The number of nitrogens with zero attached hydrogens (tertiary/aromatic N) is 3. The minimum atomic E-state index is -4.62. The smallest absolute Gasteiger partial charge is 0.435 e. The van der Waals surface area contributed by atoms with Gasteiger partial charge in [-0.15, -0.1) is 0 Å². The van der Waals surface area contributed by atoms with Gasteiger partial charge < -0.3 is 20.3 Å². The first kappa shape index (κ1) is 22.9. The van der Waals surface area contributed by atoms with E-state index >= 15 is 0 Å². The maximum atomic E-state index is 13.1. The zero-order chi connectivity index (χ0) is 22.4. The highest BCUT2D eigenvalue weighted by atomic mass is 19.4. The number of halogens is 3. The quantitative estimate of drug-likeness (QED) is 0.645. The zero-order valence-corrected chi connectivity index (χ0v) is 17.5. The fourth-order valence-electron chi connectivity index (χ4n) is 3.80. The first-order valence-corrected chi connectivity index (χ1v) is 10.3. The van der Waals surface area contributed by atoms with E-state index in [1.807, 2.05) is 0 Å². The molecule has 1 aliphatic heterocycles. The Hall–Kier alpha value is -2.75. The zero-order valence-electron chi connectivity index (χ0n) is 17.5. The normalized spacial score (nSPS) is 15.5. The molecule has 2 aromatic rings. The fourth-order valence-corrected chi connectivity index (χ4v) is 3.80. The van der Waals surface area contributed by atoms with Gasteiger partial charge in [0, 0.05) is 31.3 Å². The molecule has 31 heavy (non-hydrogen) atoms. The van der Waals surface area contributed by atoms with Crippen LogP contribution in [0.25, 0.3) is 0 Å². The van der Waals surface area contributed by atoms with Crippen molar-refractivity contribution in [1.82, 2.24) is 20.0 Å². The van der Waals surface area contributed by atoms with Gasteiger partial charge in [0.15, 0.2) is 5.69 Å². The van der Waals surface area contributed by atoms with Crippen molar-refractivity contribution in [1.29, 1.82) is 0 Å². The van der Waals surface area contributed by atoms with Gasteiger partial charge in [0.1, 0.15) is 11.4 Å². The number of anilines is 1. The van der Waals surface area contributed by atoms with E-state index in [1.165, 1.54) is 24.9 Å². The highest BCUT2D eigenvalue weighted by Gasteiger charge is 2.35. The molecule has 1 amide bonds. The first-order valence-electron chi connectivity index (χ1n) is 10.3. The number of amides is 1. The molecule has 1 fully saturated rings. The molecule has 0 aliphatic carbocycles. The Bertz CT molecular complexity index is 876. The number of carbonyl (C=O) groups is 1. The molecule has 10 heteroatoms. The molecule has 3 N–H and O–H groups in total. The van der Waals surface area contributed by atoms with Crippen LogP contribution in [0.4, 0.5) is 18.9 Å². The number of nitrogens with two attached hydrogens (primary N) is 1. The molecule has 0 spiro atoms. The van der Waals surface area contributed by atoms with Crippen LogP contribution in [0.2, 0.25) is 0 Å². The van der Waals surface area contributed by atoms with Crippen LogP contribution in [0.1, 0.15) is 47.4 Å². The second-order valence-electron chi connectivity index (χ2n) is 7.69. The standard InChI is InChI=1S/C21H28F3N5O2/c1-31-19-15(7-6-8-16(19)25)14-29(12-11-28-9-4-2-3-5-10-28)20(30)17-13-18(27-26-17)21(22,23)24/h6-8,13H,2-5,9-12,14,25H2,1H3,(H,26,27). The molecule has 1 aromatic heterocycles. The number of hydrogen-bond acceptors (Lipinski definition) is 5. The predicted octanol–water partition coefficient (Wildman–Crippen LogP) is 3.54. The third-order valence-electron chi connectivity index (χ3n) is 5.46. The molecule has 0 saturated carbocycles. The number of benzene rings is 1. The van der Waals surface area contributed by atoms with Gasteiger partial charge in [-0.3, -0.25) is 9.89 Å². The average Bonchev–Trinajstić information content (AvgIpc) is 3.09. The molecule has 0 atom stereocenters. The predicted molar refractivity (Wildman–Crippen MR) is 111 cm³/mol. The number of rotatable bonds is 7. The second kappa shape index (κ2) is 10.0. The third-order valence-corrected chi connectivity index (χ3v) is 5.46. The van der Waals surface area contributed by atoms with Gasteiger partial charge in [-0.05, 0) is 32.0 Å². The van der Waals surface area contributed by atoms with E-state index in [1.54, 1.807) is 18.2 Å². The molecule has 2 heterocycles. The lowest BCUT2D eigenvalue weighted by Crippen LogP contribution is -2.39. The third kappa shape index (κ3) is 5.90. The Morgan fingerprint density at radius 3 is 2.58 bits per heavy atom. The number of nitrogens with one attached hydrogen (secondary N) is 1. The number of H-pyrrole nitrogens is 1. The first-order chi connectivity index (χ1) is 14.8. The van der Waals surface area contributed by atoms with Crippen molar-refractivity contribution in [2.24, 2.45) is 0 Å². The fraction of sp³-hybridized carbons (Fsp3) is 0.524. The highest BCUT2D eigenvalue weighted by Crippen LogP contribution is 2.29. The number of aromatic nitrogens is 2. The van der Waals surface area contributed by atoms with E-state index in [-0.39, 0.29) is 12.2 Å². The maximum absolute atomic E-state index is 13.1. The van der Waals surface area contributed by atoms with Crippen LogP contribution >= 0.6 is 0 Å². The summed E-state index contributed by atoms with van der Waals surface area (Å²) in [6, 6.07) is 5.98. The number of hydrogen-bond donors (Lipinski definition) is 2. The van der Waals surface area contributed by atoms with E-state index in [4.69, 9.17) is 10.5 Å². The molecule has 170 valence electrons. The van der Waals surface area contributed by atoms with Crippen LogP contribution in [-0.4, -0.2) is 59.2 Å². The molecular formula is C21H28F3N5O2. The summed E-state index contributed by atoms with van der Waals surface area (Å²) < 4.78 is 44.2. The monoisotopic (exact) mass is 439 g/mol. The van der Waals surface area contributed by atoms with Gasteiger partial charge >= 0.3 is 6.18 Å². The summed E-state index contributed by atoms with van der Waals surface area (Å²) in [5, 5.41) is 5.49. The SMILES string of the molecule is COc1c(N)cccc1CN(CCN1CCCCCC1)C(=O)c1cc(C(F)(F)F)n[nH]1. The van der Waals surface area contributed by atoms with Crippen LogP contribution in [-0.2, 0) is 12.7 Å². The molecule has 0 radical (unpaired) electrons. The lowest BCUT2D eigenvalue weighted by molar-refractivity contribution is -0.141. The summed E-state index contributed by atoms with van der Waals surface area (Å²) in [4.78, 5) is 16.9. The highest BCUT2D eigenvalue weighted by molar-refractivity contribution is 5.92. The van der Waals surface area contributed by atoms with Crippen LogP contribution in [0.3, 0.4) is 0 Å². The van der Waals surface area contributed by atoms with Gasteiger partial charge in [-0.2, -0.15) is 18.3 Å². The van der Waals surface area contributed by atoms with Gasteiger partial charge in [0.05, 0.1) is 12.8 Å². The molecule has 1 saturated heterocycles. The second-order valence-corrected chi connectivity index (χ2v) is 7.69. The van der Waals surface area contributed by atoms with Gasteiger partial charge in [-0.1, -0.05) is 25.0 Å². The topological polar surface area (TPSA) is 87.5 Å².